The first kappa shape index (κ1) is 12.2. The molecule has 1 heterocycles. The molecule has 7 heteroatoms. The van der Waals surface area contributed by atoms with Crippen molar-refractivity contribution in [3.63, 3.8) is 0 Å². The second kappa shape index (κ2) is 4.77. The molecular weight excluding hydrogens is 326 g/mol. The number of methoxy groups -OCH3 is 1. The molecule has 0 N–H and O–H groups in total. The number of hydrogen-bond donors (Lipinski definition) is 0. The summed E-state index contributed by atoms with van der Waals surface area (Å²) in [6.45, 7) is 0. The summed E-state index contributed by atoms with van der Waals surface area (Å²) in [5, 5.41) is 0. The van der Waals surface area contributed by atoms with Crippen molar-refractivity contribution in [2.24, 2.45) is 0 Å². The highest BCUT2D eigenvalue weighted by atomic mass is 127. The number of carbonyl (C=O) groups is 1. The summed E-state index contributed by atoms with van der Waals surface area (Å²) in [7, 11) is 1.04. The summed E-state index contributed by atoms with van der Waals surface area (Å²) in [5.74, 6) is -2.34. The molecule has 3 nitrogen and oxygen atoms in total. The number of esters is 1. The highest BCUT2D eigenvalue weighted by molar-refractivity contribution is 14.1. The largest absolute Gasteiger partial charge is 0.465 e. The Kier molecular flexibility index (Phi) is 3.89. The average molecular weight is 331 g/mol. The zero-order valence-corrected chi connectivity index (χ0v) is 9.59. The van der Waals surface area contributed by atoms with Crippen molar-refractivity contribution in [3.05, 3.63) is 26.8 Å². The van der Waals surface area contributed by atoms with Gasteiger partial charge in [-0.2, -0.15) is 0 Å². The second-order valence-electron chi connectivity index (χ2n) is 2.48. The molecule has 1 aromatic rings. The van der Waals surface area contributed by atoms with E-state index in [0.29, 0.717) is 0 Å². The maximum absolute atomic E-state index is 13.3. The summed E-state index contributed by atoms with van der Waals surface area (Å²) < 4.78 is 42.2. The van der Waals surface area contributed by atoms with Crippen LogP contribution in [0.15, 0.2) is 6.07 Å². The van der Waals surface area contributed by atoms with E-state index in [2.05, 4.69) is 9.72 Å². The van der Waals surface area contributed by atoms with Gasteiger partial charge in [-0.1, -0.05) is 0 Å². The number of rotatable bonds is 2. The van der Waals surface area contributed by atoms with Crippen molar-refractivity contribution in [1.82, 2.24) is 4.98 Å². The molecule has 0 bridgehead atoms. The molecule has 0 spiro atoms. The normalized spacial score (nSPS) is 10.5. The summed E-state index contributed by atoms with van der Waals surface area (Å²) in [6.07, 6.45) is -3.07. The number of carbonyl (C=O) groups excluding carboxylic acids is 1. The first-order valence-corrected chi connectivity index (χ1v) is 4.77. The standard InChI is InChI=1S/C8H5F3INO2/c1-15-8(14)3-2-4(12)13-6(5(3)9)7(10)11/h2,7H,1H3. The minimum atomic E-state index is -3.07. The molecule has 82 valence electrons. The van der Waals surface area contributed by atoms with E-state index in [0.717, 1.165) is 13.2 Å². The Hall–Kier alpha value is -0.860. The minimum Gasteiger partial charge on any atom is -0.465 e. The lowest BCUT2D eigenvalue weighted by Crippen LogP contribution is -2.10. The van der Waals surface area contributed by atoms with Crippen LogP contribution in [0.1, 0.15) is 22.5 Å². The number of ether oxygens (including phenoxy) is 1. The summed E-state index contributed by atoms with van der Waals surface area (Å²) in [5.41, 5.74) is -1.57. The van der Waals surface area contributed by atoms with E-state index in [4.69, 9.17) is 0 Å². The smallest absolute Gasteiger partial charge is 0.341 e. The van der Waals surface area contributed by atoms with Gasteiger partial charge in [0.05, 0.1) is 7.11 Å². The van der Waals surface area contributed by atoms with Gasteiger partial charge in [-0.05, 0) is 28.7 Å². The fraction of sp³-hybridized carbons (Fsp3) is 0.250. The van der Waals surface area contributed by atoms with Gasteiger partial charge >= 0.3 is 5.97 Å². The molecule has 0 aromatic carbocycles. The van der Waals surface area contributed by atoms with E-state index in [1.807, 2.05) is 0 Å². The summed E-state index contributed by atoms with van der Waals surface area (Å²) >= 11 is 1.61. The lowest BCUT2D eigenvalue weighted by molar-refractivity contribution is 0.0593. The molecule has 0 amide bonds. The first-order chi connectivity index (χ1) is 6.97. The quantitative estimate of drug-likeness (QED) is 0.475. The number of hydrogen-bond acceptors (Lipinski definition) is 3. The maximum atomic E-state index is 13.3. The third kappa shape index (κ3) is 2.58. The van der Waals surface area contributed by atoms with Crippen molar-refractivity contribution in [3.8, 4) is 0 Å². The highest BCUT2D eigenvalue weighted by Crippen LogP contribution is 2.24. The molecule has 0 aliphatic rings. The molecule has 0 fully saturated rings. The van der Waals surface area contributed by atoms with Crippen LogP contribution in [0.2, 0.25) is 0 Å². The molecule has 1 rings (SSSR count). The summed E-state index contributed by atoms with van der Waals surface area (Å²) in [4.78, 5) is 14.3. The molecule has 0 radical (unpaired) electrons. The van der Waals surface area contributed by atoms with E-state index in [9.17, 15) is 18.0 Å². The Balaban J connectivity index is 3.34. The van der Waals surface area contributed by atoms with Gasteiger partial charge in [0.2, 0.25) is 0 Å². The third-order valence-electron chi connectivity index (χ3n) is 1.56. The van der Waals surface area contributed by atoms with Crippen molar-refractivity contribution in [2.45, 2.75) is 6.43 Å². The number of halogens is 4. The molecule has 0 saturated carbocycles. The molecule has 0 aliphatic carbocycles. The van der Waals surface area contributed by atoms with Crippen LogP contribution in [-0.4, -0.2) is 18.1 Å². The van der Waals surface area contributed by atoms with Crippen LogP contribution in [0.3, 0.4) is 0 Å². The van der Waals surface area contributed by atoms with Gasteiger partial charge < -0.3 is 4.74 Å². The van der Waals surface area contributed by atoms with Gasteiger partial charge in [-0.15, -0.1) is 0 Å². The van der Waals surface area contributed by atoms with Crippen LogP contribution in [-0.2, 0) is 4.74 Å². The number of nitrogens with zero attached hydrogens (tertiary/aromatic N) is 1. The minimum absolute atomic E-state index is 0.102. The van der Waals surface area contributed by atoms with Crippen LogP contribution in [0.25, 0.3) is 0 Å². The van der Waals surface area contributed by atoms with Crippen LogP contribution in [0, 0.1) is 9.52 Å². The van der Waals surface area contributed by atoms with Gasteiger partial charge in [0.25, 0.3) is 6.43 Å². The van der Waals surface area contributed by atoms with E-state index in [-0.39, 0.29) is 3.70 Å². The molecule has 0 saturated heterocycles. The van der Waals surface area contributed by atoms with E-state index >= 15 is 0 Å². The summed E-state index contributed by atoms with van der Waals surface area (Å²) in [6, 6.07) is 1.05. The van der Waals surface area contributed by atoms with E-state index < -0.39 is 29.5 Å². The Morgan fingerprint density at radius 3 is 2.67 bits per heavy atom. The van der Waals surface area contributed by atoms with Crippen molar-refractivity contribution in [1.29, 1.82) is 0 Å². The third-order valence-corrected chi connectivity index (χ3v) is 2.12. The van der Waals surface area contributed by atoms with Crippen LogP contribution in [0.4, 0.5) is 13.2 Å². The molecule has 0 aliphatic heterocycles. The zero-order valence-electron chi connectivity index (χ0n) is 7.43. The van der Waals surface area contributed by atoms with Gasteiger partial charge in [0.1, 0.15) is 15.0 Å². The Labute approximate surface area is 96.8 Å². The second-order valence-corrected chi connectivity index (χ2v) is 3.59. The van der Waals surface area contributed by atoms with Crippen LogP contribution in [0.5, 0.6) is 0 Å². The molecular formula is C8H5F3INO2. The van der Waals surface area contributed by atoms with Crippen molar-refractivity contribution < 1.29 is 22.7 Å². The van der Waals surface area contributed by atoms with Gasteiger partial charge in [0, 0.05) is 0 Å². The molecule has 1 aromatic heterocycles. The van der Waals surface area contributed by atoms with E-state index in [1.54, 1.807) is 22.6 Å². The molecule has 15 heavy (non-hydrogen) atoms. The number of alkyl halides is 2. The van der Waals surface area contributed by atoms with E-state index in [1.165, 1.54) is 0 Å². The highest BCUT2D eigenvalue weighted by Gasteiger charge is 2.23. The predicted octanol–water partition coefficient (Wildman–Crippen LogP) is 2.55. The lowest BCUT2D eigenvalue weighted by Gasteiger charge is -2.06. The Bertz CT molecular complexity index is 398. The van der Waals surface area contributed by atoms with Crippen LogP contribution < -0.4 is 0 Å². The fourth-order valence-corrected chi connectivity index (χ4v) is 1.49. The number of aromatic nitrogens is 1. The van der Waals surface area contributed by atoms with Crippen molar-refractivity contribution in [2.75, 3.05) is 7.11 Å². The molecule has 0 unspecified atom stereocenters. The first-order valence-electron chi connectivity index (χ1n) is 3.69. The van der Waals surface area contributed by atoms with Crippen LogP contribution >= 0.6 is 22.6 Å². The maximum Gasteiger partial charge on any atom is 0.341 e. The Morgan fingerprint density at radius 1 is 1.60 bits per heavy atom. The lowest BCUT2D eigenvalue weighted by atomic mass is 10.2. The average Bonchev–Trinajstić information content (AvgIpc) is 2.19. The monoisotopic (exact) mass is 331 g/mol. The number of pyridine rings is 1. The molecule has 0 atom stereocenters. The topological polar surface area (TPSA) is 39.2 Å². The SMILES string of the molecule is COC(=O)c1cc(I)nc(C(F)F)c1F. The zero-order chi connectivity index (χ0) is 11.6. The fourth-order valence-electron chi connectivity index (χ4n) is 0.920. The van der Waals surface area contributed by atoms with Gasteiger partial charge in [0.15, 0.2) is 5.82 Å². The Morgan fingerprint density at radius 2 is 2.20 bits per heavy atom. The predicted molar refractivity (Wildman–Crippen MR) is 53.2 cm³/mol. The van der Waals surface area contributed by atoms with Gasteiger partial charge in [-0.25, -0.2) is 22.9 Å². The van der Waals surface area contributed by atoms with Gasteiger partial charge in [-0.3, -0.25) is 0 Å². The van der Waals surface area contributed by atoms with Crippen molar-refractivity contribution >= 4 is 28.6 Å².